The second kappa shape index (κ2) is 5.48. The molecule has 1 N–H and O–H groups in total. The van der Waals surface area contributed by atoms with Crippen LogP contribution in [0.15, 0.2) is 0 Å². The number of hydrogen-bond donors (Lipinski definition) is 1. The Morgan fingerprint density at radius 2 is 2.06 bits per heavy atom. The lowest BCUT2D eigenvalue weighted by Gasteiger charge is -2.21. The van der Waals surface area contributed by atoms with Crippen molar-refractivity contribution < 1.29 is 0 Å². The van der Waals surface area contributed by atoms with E-state index in [4.69, 9.17) is 0 Å². The highest BCUT2D eigenvalue weighted by Crippen LogP contribution is 2.32. The Balaban J connectivity index is 1.56. The lowest BCUT2D eigenvalue weighted by Crippen LogP contribution is -2.37. The number of nitrogens with zero attached hydrogens (tertiary/aromatic N) is 2. The van der Waals surface area contributed by atoms with Crippen molar-refractivity contribution in [3.8, 4) is 0 Å². The number of likely N-dealkylation sites (tertiary alicyclic amines) is 1. The van der Waals surface area contributed by atoms with E-state index in [1.165, 1.54) is 38.9 Å². The molecular formula is C13H27N3. The van der Waals surface area contributed by atoms with Gasteiger partial charge in [-0.25, -0.2) is 0 Å². The minimum absolute atomic E-state index is 0.743. The van der Waals surface area contributed by atoms with Crippen LogP contribution in [0.4, 0.5) is 0 Å². The van der Waals surface area contributed by atoms with Gasteiger partial charge in [0.2, 0.25) is 0 Å². The predicted molar refractivity (Wildman–Crippen MR) is 68.7 cm³/mol. The first-order valence-electron chi connectivity index (χ1n) is 6.79. The van der Waals surface area contributed by atoms with Gasteiger partial charge in [0.15, 0.2) is 0 Å². The minimum Gasteiger partial charge on any atom is -0.313 e. The maximum Gasteiger partial charge on any atom is 0.0229 e. The van der Waals surface area contributed by atoms with Crippen LogP contribution in [0, 0.1) is 5.92 Å². The summed E-state index contributed by atoms with van der Waals surface area (Å²) < 4.78 is 0. The van der Waals surface area contributed by atoms with Crippen LogP contribution in [-0.2, 0) is 0 Å². The first-order valence-corrected chi connectivity index (χ1v) is 6.79. The van der Waals surface area contributed by atoms with Crippen LogP contribution in [0.1, 0.15) is 26.2 Å². The van der Waals surface area contributed by atoms with E-state index in [2.05, 4.69) is 36.1 Å². The van der Waals surface area contributed by atoms with Crippen molar-refractivity contribution in [2.75, 3.05) is 40.3 Å². The van der Waals surface area contributed by atoms with E-state index in [1.54, 1.807) is 0 Å². The van der Waals surface area contributed by atoms with Gasteiger partial charge in [-0.2, -0.15) is 0 Å². The van der Waals surface area contributed by atoms with Gasteiger partial charge in [-0.1, -0.05) is 0 Å². The van der Waals surface area contributed by atoms with Gasteiger partial charge < -0.3 is 15.1 Å². The van der Waals surface area contributed by atoms with Gasteiger partial charge in [-0.15, -0.1) is 0 Å². The standard InChI is InChI=1S/C13H27N3/c1-11(12-4-5-12)14-7-9-16-8-6-13(10-16)15(2)3/h11-14H,4-10H2,1-3H3. The van der Waals surface area contributed by atoms with Crippen LogP contribution >= 0.6 is 0 Å². The molecular weight excluding hydrogens is 198 g/mol. The molecule has 0 radical (unpaired) electrons. The van der Waals surface area contributed by atoms with Crippen LogP contribution < -0.4 is 5.32 Å². The fourth-order valence-electron chi connectivity index (χ4n) is 2.65. The fourth-order valence-corrected chi connectivity index (χ4v) is 2.65. The molecule has 0 aromatic rings. The third-order valence-corrected chi connectivity index (χ3v) is 4.20. The second-order valence-electron chi connectivity index (χ2n) is 5.79. The quantitative estimate of drug-likeness (QED) is 0.728. The van der Waals surface area contributed by atoms with E-state index < -0.39 is 0 Å². The molecule has 2 atom stereocenters. The Bertz CT molecular complexity index is 213. The van der Waals surface area contributed by atoms with Crippen molar-refractivity contribution >= 4 is 0 Å². The molecule has 3 heteroatoms. The summed E-state index contributed by atoms with van der Waals surface area (Å²) in [6, 6.07) is 1.52. The van der Waals surface area contributed by atoms with Crippen LogP contribution in [0.25, 0.3) is 0 Å². The first kappa shape index (κ1) is 12.3. The molecule has 0 amide bonds. The van der Waals surface area contributed by atoms with Gasteiger partial charge in [0, 0.05) is 31.7 Å². The third-order valence-electron chi connectivity index (χ3n) is 4.20. The van der Waals surface area contributed by atoms with Crippen LogP contribution in [0.3, 0.4) is 0 Å². The Morgan fingerprint density at radius 3 is 2.62 bits per heavy atom. The summed E-state index contributed by atoms with van der Waals surface area (Å²) in [5.41, 5.74) is 0. The SMILES string of the molecule is CC(NCCN1CCC(N(C)C)C1)C1CC1. The smallest absolute Gasteiger partial charge is 0.0229 e. The summed E-state index contributed by atoms with van der Waals surface area (Å²) >= 11 is 0. The highest BCUT2D eigenvalue weighted by molar-refractivity contribution is 4.84. The van der Waals surface area contributed by atoms with Gasteiger partial charge in [-0.3, -0.25) is 0 Å². The third kappa shape index (κ3) is 3.44. The molecule has 1 heterocycles. The van der Waals surface area contributed by atoms with Gasteiger partial charge in [0.1, 0.15) is 0 Å². The summed E-state index contributed by atoms with van der Waals surface area (Å²) in [7, 11) is 4.39. The van der Waals surface area contributed by atoms with E-state index in [9.17, 15) is 0 Å². The molecule has 0 spiro atoms. The molecule has 94 valence electrons. The average molecular weight is 225 g/mol. The van der Waals surface area contributed by atoms with E-state index in [0.29, 0.717) is 0 Å². The topological polar surface area (TPSA) is 18.5 Å². The molecule has 0 aromatic heterocycles. The summed E-state index contributed by atoms with van der Waals surface area (Å²) in [5, 5.41) is 3.66. The van der Waals surface area contributed by atoms with Gasteiger partial charge >= 0.3 is 0 Å². The average Bonchev–Trinajstić information content (AvgIpc) is 2.98. The monoisotopic (exact) mass is 225 g/mol. The molecule has 0 bridgehead atoms. The predicted octanol–water partition coefficient (Wildman–Crippen LogP) is 1.01. The lowest BCUT2D eigenvalue weighted by molar-refractivity contribution is 0.266. The fraction of sp³-hybridized carbons (Fsp3) is 1.00. The summed E-state index contributed by atoms with van der Waals surface area (Å²) in [6.45, 7) is 7.26. The molecule has 1 aliphatic heterocycles. The molecule has 2 rings (SSSR count). The first-order chi connectivity index (χ1) is 7.66. The maximum absolute atomic E-state index is 3.66. The van der Waals surface area contributed by atoms with Crippen molar-refractivity contribution in [2.45, 2.75) is 38.3 Å². The largest absolute Gasteiger partial charge is 0.313 e. The molecule has 16 heavy (non-hydrogen) atoms. The summed E-state index contributed by atoms with van der Waals surface area (Å²) in [4.78, 5) is 4.96. The van der Waals surface area contributed by atoms with Crippen molar-refractivity contribution in [2.24, 2.45) is 5.92 Å². The molecule has 1 saturated carbocycles. The zero-order chi connectivity index (χ0) is 11.5. The van der Waals surface area contributed by atoms with E-state index in [-0.39, 0.29) is 0 Å². The number of hydrogen-bond acceptors (Lipinski definition) is 3. The Kier molecular flexibility index (Phi) is 4.22. The minimum atomic E-state index is 0.743. The van der Waals surface area contributed by atoms with Gasteiger partial charge in [0.25, 0.3) is 0 Å². The molecule has 1 aliphatic carbocycles. The molecule has 2 aliphatic rings. The normalized spacial score (nSPS) is 28.9. The molecule has 3 nitrogen and oxygen atoms in total. The maximum atomic E-state index is 3.66. The Labute approximate surface area is 100 Å². The van der Waals surface area contributed by atoms with Gasteiger partial charge in [-0.05, 0) is 52.7 Å². The summed E-state index contributed by atoms with van der Waals surface area (Å²) in [6.07, 6.45) is 4.23. The molecule has 0 aromatic carbocycles. The van der Waals surface area contributed by atoms with Crippen molar-refractivity contribution in [3.63, 3.8) is 0 Å². The second-order valence-corrected chi connectivity index (χ2v) is 5.79. The van der Waals surface area contributed by atoms with Crippen molar-refractivity contribution in [3.05, 3.63) is 0 Å². The molecule has 2 fully saturated rings. The van der Waals surface area contributed by atoms with Crippen LogP contribution in [0.5, 0.6) is 0 Å². The highest BCUT2D eigenvalue weighted by atomic mass is 15.2. The van der Waals surface area contributed by atoms with Crippen LogP contribution in [-0.4, -0.2) is 62.2 Å². The van der Waals surface area contributed by atoms with Crippen molar-refractivity contribution in [1.82, 2.24) is 15.1 Å². The van der Waals surface area contributed by atoms with E-state index in [1.807, 2.05) is 0 Å². The van der Waals surface area contributed by atoms with Crippen LogP contribution in [0.2, 0.25) is 0 Å². The number of nitrogens with one attached hydrogen (secondary N) is 1. The number of likely N-dealkylation sites (N-methyl/N-ethyl adjacent to an activating group) is 1. The summed E-state index contributed by atoms with van der Waals surface area (Å²) in [5.74, 6) is 0.980. The van der Waals surface area contributed by atoms with Crippen molar-refractivity contribution in [1.29, 1.82) is 0 Å². The lowest BCUT2D eigenvalue weighted by atomic mass is 10.2. The van der Waals surface area contributed by atoms with E-state index in [0.717, 1.165) is 24.5 Å². The molecule has 1 saturated heterocycles. The Morgan fingerprint density at radius 1 is 1.31 bits per heavy atom. The number of rotatable bonds is 6. The zero-order valence-corrected chi connectivity index (χ0v) is 11.1. The Hall–Kier alpha value is -0.120. The highest BCUT2D eigenvalue weighted by Gasteiger charge is 2.28. The molecule has 2 unspecified atom stereocenters. The van der Waals surface area contributed by atoms with E-state index >= 15 is 0 Å². The zero-order valence-electron chi connectivity index (χ0n) is 11.1. The van der Waals surface area contributed by atoms with Gasteiger partial charge in [0.05, 0.1) is 0 Å².